The molecule has 3 aromatic carbocycles. The van der Waals surface area contributed by atoms with Crippen LogP contribution in [0, 0.1) is 24.6 Å². The lowest BCUT2D eigenvalue weighted by Gasteiger charge is -2.27. The molecule has 232 valence electrons. The number of methoxy groups -OCH3 is 2. The summed E-state index contributed by atoms with van der Waals surface area (Å²) in [7, 11) is -0.946. The maximum Gasteiger partial charge on any atom is 0.264 e. The fourth-order valence-electron chi connectivity index (χ4n) is 6.12. The van der Waals surface area contributed by atoms with E-state index in [2.05, 4.69) is 29.0 Å². The number of hydrogen-bond acceptors (Lipinski definition) is 6. The number of ether oxygens (including phenoxy) is 2. The Hall–Kier alpha value is -4.15. The molecule has 1 amide bonds. The summed E-state index contributed by atoms with van der Waals surface area (Å²) < 4.78 is 53.4. The van der Waals surface area contributed by atoms with E-state index in [1.54, 1.807) is 26.5 Å². The number of carbonyl (C=O) groups excluding carboxylic acids is 1. The van der Waals surface area contributed by atoms with Crippen LogP contribution in [0.5, 0.6) is 11.5 Å². The summed E-state index contributed by atoms with van der Waals surface area (Å²) in [6.07, 6.45) is 5.29. The highest BCUT2D eigenvalue weighted by Gasteiger charge is 2.30. The second kappa shape index (κ2) is 13.2. The van der Waals surface area contributed by atoms with E-state index in [1.807, 2.05) is 29.8 Å². The second-order valence-electron chi connectivity index (χ2n) is 11.4. The maximum absolute atomic E-state index is 13.2. The lowest BCUT2D eigenvalue weighted by Crippen LogP contribution is -2.31. The number of aliphatic hydroxyl groups excluding tert-OH is 1. The maximum atomic E-state index is 13.2. The molecule has 10 heteroatoms. The molecule has 0 fully saturated rings. The van der Waals surface area contributed by atoms with Crippen molar-refractivity contribution in [3.05, 3.63) is 113 Å². The summed E-state index contributed by atoms with van der Waals surface area (Å²) in [5.74, 6) is 0.174. The van der Waals surface area contributed by atoms with E-state index in [9.17, 15) is 22.7 Å². The molecule has 0 spiro atoms. The minimum atomic E-state index is -4.13. The Balaban J connectivity index is 1.33. The van der Waals surface area contributed by atoms with Crippen molar-refractivity contribution in [1.29, 1.82) is 0 Å². The van der Waals surface area contributed by atoms with Crippen LogP contribution in [-0.2, 0) is 40.6 Å². The molecule has 1 heterocycles. The van der Waals surface area contributed by atoms with Gasteiger partial charge in [-0.2, -0.15) is 0 Å². The van der Waals surface area contributed by atoms with Crippen LogP contribution in [0.3, 0.4) is 0 Å². The highest BCUT2D eigenvalue weighted by atomic mass is 32.2. The lowest BCUT2D eigenvalue weighted by atomic mass is 9.85. The normalized spacial score (nSPS) is 14.6. The number of nitrogens with one attached hydrogen (secondary N) is 1. The topological polar surface area (TPSA) is 107 Å². The molecule has 4 aromatic rings. The smallest absolute Gasteiger partial charge is 0.264 e. The summed E-state index contributed by atoms with van der Waals surface area (Å²) in [5.41, 5.74) is 4.85. The molecule has 0 unspecified atom stereocenters. The Bertz CT molecular complexity index is 1680. The Kier molecular flexibility index (Phi) is 9.41. The largest absolute Gasteiger partial charge is 0.496 e. The Morgan fingerprint density at radius 3 is 2.23 bits per heavy atom. The number of benzene rings is 3. The molecule has 1 aliphatic rings. The number of hydrogen-bond donors (Lipinski definition) is 2. The molecular formula is C34H37FN2O6S. The summed E-state index contributed by atoms with van der Waals surface area (Å²) in [5, 5.41) is 11.8. The number of nitrogens with zero attached hydrogens (tertiary/aromatic N) is 1. The average Bonchev–Trinajstić information content (AvgIpc) is 3.62. The molecule has 0 radical (unpaired) electrons. The van der Waals surface area contributed by atoms with Crippen LogP contribution >= 0.6 is 0 Å². The number of fused-ring (bicyclic) bond motifs is 1. The highest BCUT2D eigenvalue weighted by molar-refractivity contribution is 7.90. The lowest BCUT2D eigenvalue weighted by molar-refractivity contribution is -0.118. The summed E-state index contributed by atoms with van der Waals surface area (Å²) in [4.78, 5) is 12.4. The quantitative estimate of drug-likeness (QED) is 0.227. The second-order valence-corrected chi connectivity index (χ2v) is 13.1. The van der Waals surface area contributed by atoms with Crippen molar-refractivity contribution in [2.45, 2.75) is 50.2 Å². The molecule has 8 nitrogen and oxygen atoms in total. The van der Waals surface area contributed by atoms with E-state index in [-0.39, 0.29) is 17.2 Å². The molecule has 0 bridgehead atoms. The number of aromatic nitrogens is 1. The first-order valence-corrected chi connectivity index (χ1v) is 16.0. The summed E-state index contributed by atoms with van der Waals surface area (Å²) in [6, 6.07) is 18.2. The molecule has 2 N–H and O–H groups in total. The fraction of sp³-hybridized carbons (Fsp3) is 0.324. The van der Waals surface area contributed by atoms with E-state index in [0.29, 0.717) is 35.1 Å². The van der Waals surface area contributed by atoms with Gasteiger partial charge in [-0.3, -0.25) is 4.79 Å². The van der Waals surface area contributed by atoms with Gasteiger partial charge in [-0.25, -0.2) is 17.5 Å². The van der Waals surface area contributed by atoms with Gasteiger partial charge in [0.05, 0.1) is 31.6 Å². The molecule has 0 saturated carbocycles. The minimum absolute atomic E-state index is 0.162. The van der Waals surface area contributed by atoms with Crippen LogP contribution in [-0.4, -0.2) is 38.2 Å². The van der Waals surface area contributed by atoms with Gasteiger partial charge >= 0.3 is 0 Å². The molecule has 1 aliphatic carbocycles. The third kappa shape index (κ3) is 7.14. The first kappa shape index (κ1) is 31.3. The molecule has 44 heavy (non-hydrogen) atoms. The van der Waals surface area contributed by atoms with E-state index in [1.165, 1.54) is 11.1 Å². The van der Waals surface area contributed by atoms with Gasteiger partial charge in [0.25, 0.3) is 10.0 Å². The third-order valence-corrected chi connectivity index (χ3v) is 9.72. The van der Waals surface area contributed by atoms with Crippen molar-refractivity contribution in [2.75, 3.05) is 14.2 Å². The van der Waals surface area contributed by atoms with Gasteiger partial charge in [-0.05, 0) is 96.8 Å². The van der Waals surface area contributed by atoms with Crippen molar-refractivity contribution >= 4 is 15.9 Å². The zero-order valence-corrected chi connectivity index (χ0v) is 25.8. The Labute approximate surface area is 257 Å². The minimum Gasteiger partial charge on any atom is -0.496 e. The first-order chi connectivity index (χ1) is 21.1. The van der Waals surface area contributed by atoms with Crippen LogP contribution < -0.4 is 14.2 Å². The molecule has 0 aliphatic heterocycles. The van der Waals surface area contributed by atoms with Gasteiger partial charge < -0.3 is 19.1 Å². The van der Waals surface area contributed by atoms with Crippen molar-refractivity contribution in [2.24, 2.45) is 11.8 Å². The van der Waals surface area contributed by atoms with Crippen molar-refractivity contribution in [3.63, 3.8) is 0 Å². The van der Waals surface area contributed by atoms with Gasteiger partial charge in [0, 0.05) is 30.4 Å². The van der Waals surface area contributed by atoms with Crippen LogP contribution in [0.15, 0.2) is 84.0 Å². The predicted molar refractivity (Wildman–Crippen MR) is 165 cm³/mol. The number of amides is 1. The molecule has 5 rings (SSSR count). The van der Waals surface area contributed by atoms with Crippen LogP contribution in [0.4, 0.5) is 4.39 Å². The average molecular weight is 621 g/mol. The van der Waals surface area contributed by atoms with E-state index < -0.39 is 27.9 Å². The monoisotopic (exact) mass is 620 g/mol. The SMILES string of the molecule is COc1cc([C@@H](O)[C@H](CC2Cc3ccccc3C2)Cn2ccc(CC(=O)NS(=O)(=O)c3ccc(F)cc3)c2)cc(OC)c1C. The summed E-state index contributed by atoms with van der Waals surface area (Å²) in [6.45, 7) is 2.38. The van der Waals surface area contributed by atoms with Gasteiger partial charge in [0.15, 0.2) is 0 Å². The van der Waals surface area contributed by atoms with Gasteiger partial charge in [0.2, 0.25) is 5.91 Å². The van der Waals surface area contributed by atoms with Gasteiger partial charge in [0.1, 0.15) is 17.3 Å². The zero-order chi connectivity index (χ0) is 31.4. The van der Waals surface area contributed by atoms with E-state index >= 15 is 0 Å². The molecule has 2 atom stereocenters. The Morgan fingerprint density at radius 1 is 1.02 bits per heavy atom. The van der Waals surface area contributed by atoms with Gasteiger partial charge in [-0.15, -0.1) is 0 Å². The number of aliphatic hydroxyl groups is 1. The number of halogens is 1. The number of sulfonamides is 1. The summed E-state index contributed by atoms with van der Waals surface area (Å²) >= 11 is 0. The molecular weight excluding hydrogens is 583 g/mol. The van der Waals surface area contributed by atoms with Crippen LogP contribution in [0.1, 0.15) is 40.3 Å². The van der Waals surface area contributed by atoms with Crippen LogP contribution in [0.25, 0.3) is 0 Å². The molecule has 0 saturated heterocycles. The third-order valence-electron chi connectivity index (χ3n) is 8.33. The number of carbonyl (C=O) groups is 1. The Morgan fingerprint density at radius 2 is 1.64 bits per heavy atom. The predicted octanol–water partition coefficient (Wildman–Crippen LogP) is 5.16. The van der Waals surface area contributed by atoms with Crippen LogP contribution in [0.2, 0.25) is 0 Å². The van der Waals surface area contributed by atoms with Crippen molar-refractivity contribution in [1.82, 2.24) is 9.29 Å². The van der Waals surface area contributed by atoms with E-state index in [0.717, 1.165) is 49.1 Å². The van der Waals surface area contributed by atoms with E-state index in [4.69, 9.17) is 9.47 Å². The first-order valence-electron chi connectivity index (χ1n) is 14.5. The highest BCUT2D eigenvalue weighted by Crippen LogP contribution is 2.39. The van der Waals surface area contributed by atoms with Crippen molar-refractivity contribution < 1.29 is 32.2 Å². The standard InChI is InChI=1S/C34H37FN2O6S/c1-22-31(42-2)18-27(19-32(22)43-3)34(39)28(16-24-14-25-6-4-5-7-26(25)15-24)21-37-13-12-23(20-37)17-33(38)36-44(40,41)30-10-8-29(35)9-11-30/h4-13,18-20,24,28,34,39H,14-17,21H2,1-3H3,(H,36,38)/t28-,34-/m1/s1. The molecule has 1 aromatic heterocycles. The van der Waals surface area contributed by atoms with Crippen molar-refractivity contribution in [3.8, 4) is 11.5 Å². The fourth-order valence-corrected chi connectivity index (χ4v) is 7.10. The zero-order valence-electron chi connectivity index (χ0n) is 25.0. The van der Waals surface area contributed by atoms with Gasteiger partial charge in [-0.1, -0.05) is 24.3 Å². The number of rotatable bonds is 12.